The minimum Gasteiger partial charge on any atom is -0.507 e. The predicted octanol–water partition coefficient (Wildman–Crippen LogP) is 0.199. The van der Waals surface area contributed by atoms with Crippen LogP contribution >= 0.6 is 0 Å². The zero-order valence-corrected chi connectivity index (χ0v) is 11.0. The number of aliphatic hydroxyl groups excluding tert-OH is 1. The third-order valence-corrected chi connectivity index (χ3v) is 3.24. The SMILES string of the molecule is COc1cc2nc(C3(N)NNC=C3O)[nH]c2cc1OC. The molecule has 3 rings (SSSR count). The quantitative estimate of drug-likeness (QED) is 0.544. The molecule has 106 valence electrons. The number of H-pyrrole nitrogens is 1. The van der Waals surface area contributed by atoms with E-state index >= 15 is 0 Å². The molecule has 8 nitrogen and oxygen atoms in total. The Balaban J connectivity index is 2.14. The second-order valence-corrected chi connectivity index (χ2v) is 4.42. The Labute approximate surface area is 114 Å². The molecule has 1 unspecified atom stereocenters. The van der Waals surface area contributed by atoms with E-state index < -0.39 is 5.66 Å². The van der Waals surface area contributed by atoms with Gasteiger partial charge in [-0.15, -0.1) is 0 Å². The van der Waals surface area contributed by atoms with Crippen LogP contribution in [0, 0.1) is 0 Å². The lowest BCUT2D eigenvalue weighted by molar-refractivity contribution is 0.265. The highest BCUT2D eigenvalue weighted by Crippen LogP contribution is 2.32. The van der Waals surface area contributed by atoms with Crippen LogP contribution in [0.3, 0.4) is 0 Å². The third kappa shape index (κ3) is 1.66. The van der Waals surface area contributed by atoms with Gasteiger partial charge in [-0.3, -0.25) is 5.73 Å². The largest absolute Gasteiger partial charge is 0.507 e. The number of methoxy groups -OCH3 is 2. The summed E-state index contributed by atoms with van der Waals surface area (Å²) in [5.41, 5.74) is 11.6. The Hall–Kier alpha value is -2.45. The lowest BCUT2D eigenvalue weighted by Crippen LogP contribution is -2.52. The lowest BCUT2D eigenvalue weighted by Gasteiger charge is -2.21. The van der Waals surface area contributed by atoms with E-state index in [1.807, 2.05) is 0 Å². The number of benzene rings is 1. The zero-order valence-electron chi connectivity index (χ0n) is 11.0. The Morgan fingerprint density at radius 1 is 1.25 bits per heavy atom. The van der Waals surface area contributed by atoms with E-state index in [2.05, 4.69) is 20.8 Å². The molecule has 0 amide bonds. The Morgan fingerprint density at radius 2 is 1.95 bits per heavy atom. The van der Waals surface area contributed by atoms with Gasteiger partial charge in [-0.05, 0) is 0 Å². The summed E-state index contributed by atoms with van der Waals surface area (Å²) in [7, 11) is 3.11. The molecule has 2 heterocycles. The first kappa shape index (κ1) is 12.6. The van der Waals surface area contributed by atoms with Crippen molar-refractivity contribution in [3.05, 3.63) is 29.9 Å². The van der Waals surface area contributed by atoms with Gasteiger partial charge in [0.2, 0.25) is 5.66 Å². The van der Waals surface area contributed by atoms with E-state index in [0.29, 0.717) is 22.8 Å². The van der Waals surface area contributed by atoms with Crippen LogP contribution in [-0.2, 0) is 5.66 Å². The van der Waals surface area contributed by atoms with Crippen LogP contribution in [0.15, 0.2) is 24.1 Å². The maximum atomic E-state index is 9.83. The number of hydrogen-bond donors (Lipinski definition) is 5. The summed E-state index contributed by atoms with van der Waals surface area (Å²) >= 11 is 0. The predicted molar refractivity (Wildman–Crippen MR) is 72.0 cm³/mol. The molecule has 1 aliphatic rings. The zero-order chi connectivity index (χ0) is 14.3. The van der Waals surface area contributed by atoms with Crippen LogP contribution in [0.5, 0.6) is 11.5 Å². The van der Waals surface area contributed by atoms with Crippen LogP contribution in [0.1, 0.15) is 5.82 Å². The van der Waals surface area contributed by atoms with E-state index in [1.54, 1.807) is 26.4 Å². The minimum absolute atomic E-state index is 0.0597. The number of nitrogens with two attached hydrogens (primary N) is 1. The van der Waals surface area contributed by atoms with Gasteiger partial charge in [0.25, 0.3) is 0 Å². The standard InChI is InChI=1S/C12H15N5O3/c1-19-8-3-6-7(4-9(8)20-2)16-11(15-6)12(13)10(18)5-14-17-12/h3-5,14,17-18H,13H2,1-2H3,(H,15,16). The number of fused-ring (bicyclic) bond motifs is 1. The molecular formula is C12H15N5O3. The summed E-state index contributed by atoms with van der Waals surface area (Å²) in [6.45, 7) is 0. The van der Waals surface area contributed by atoms with Crippen molar-refractivity contribution in [3.63, 3.8) is 0 Å². The van der Waals surface area contributed by atoms with Crippen LogP contribution < -0.4 is 26.1 Å². The van der Waals surface area contributed by atoms with E-state index in [1.165, 1.54) is 6.20 Å². The molecule has 1 aromatic carbocycles. The summed E-state index contributed by atoms with van der Waals surface area (Å²) in [5.74, 6) is 1.47. The van der Waals surface area contributed by atoms with Crippen LogP contribution in [0.25, 0.3) is 11.0 Å². The Morgan fingerprint density at radius 3 is 2.55 bits per heavy atom. The first-order valence-electron chi connectivity index (χ1n) is 5.92. The monoisotopic (exact) mass is 277 g/mol. The van der Waals surface area contributed by atoms with E-state index in [9.17, 15) is 5.11 Å². The van der Waals surface area contributed by atoms with Gasteiger partial charge < -0.3 is 25.0 Å². The topological polar surface area (TPSA) is 117 Å². The second-order valence-electron chi connectivity index (χ2n) is 4.42. The van der Waals surface area contributed by atoms with Crippen molar-refractivity contribution in [2.45, 2.75) is 5.66 Å². The first-order chi connectivity index (χ1) is 9.58. The molecule has 8 heteroatoms. The molecule has 0 spiro atoms. The highest BCUT2D eigenvalue weighted by molar-refractivity contribution is 5.80. The second kappa shape index (κ2) is 4.29. The molecule has 0 radical (unpaired) electrons. The Bertz CT molecular complexity index is 655. The van der Waals surface area contributed by atoms with E-state index in [-0.39, 0.29) is 5.76 Å². The molecule has 6 N–H and O–H groups in total. The van der Waals surface area contributed by atoms with Gasteiger partial charge in [-0.25, -0.2) is 10.4 Å². The maximum absolute atomic E-state index is 9.83. The fourth-order valence-corrected chi connectivity index (χ4v) is 2.10. The first-order valence-corrected chi connectivity index (χ1v) is 5.92. The van der Waals surface area contributed by atoms with Crippen molar-refractivity contribution >= 4 is 11.0 Å². The third-order valence-electron chi connectivity index (χ3n) is 3.24. The number of ether oxygens (including phenoxy) is 2. The molecule has 0 saturated heterocycles. The van der Waals surface area contributed by atoms with E-state index in [0.717, 1.165) is 5.52 Å². The fraction of sp³-hybridized carbons (Fsp3) is 0.250. The van der Waals surface area contributed by atoms with Gasteiger partial charge >= 0.3 is 0 Å². The number of hydrazine groups is 1. The van der Waals surface area contributed by atoms with Crippen LogP contribution in [0.2, 0.25) is 0 Å². The molecular weight excluding hydrogens is 262 g/mol. The van der Waals surface area contributed by atoms with Gasteiger partial charge in [0.15, 0.2) is 23.1 Å². The fourth-order valence-electron chi connectivity index (χ4n) is 2.10. The van der Waals surface area contributed by atoms with Crippen molar-refractivity contribution in [2.75, 3.05) is 14.2 Å². The van der Waals surface area contributed by atoms with Crippen molar-refractivity contribution in [3.8, 4) is 11.5 Å². The molecule has 0 bridgehead atoms. The summed E-state index contributed by atoms with van der Waals surface area (Å²) in [5, 5.41) is 9.83. The van der Waals surface area contributed by atoms with Crippen LogP contribution in [0.4, 0.5) is 0 Å². The number of rotatable bonds is 3. The number of aliphatic hydroxyl groups is 1. The molecule has 0 saturated carbocycles. The molecule has 1 atom stereocenters. The number of hydrogen-bond acceptors (Lipinski definition) is 7. The van der Waals surface area contributed by atoms with Crippen LogP contribution in [-0.4, -0.2) is 29.3 Å². The number of imidazole rings is 1. The summed E-state index contributed by atoms with van der Waals surface area (Å²) in [6, 6.07) is 3.50. The lowest BCUT2D eigenvalue weighted by atomic mass is 10.1. The number of aromatic nitrogens is 2. The maximum Gasteiger partial charge on any atom is 0.202 e. The molecule has 1 aliphatic heterocycles. The highest BCUT2D eigenvalue weighted by atomic mass is 16.5. The molecule has 0 fully saturated rings. The molecule has 20 heavy (non-hydrogen) atoms. The van der Waals surface area contributed by atoms with Gasteiger partial charge in [0.05, 0.1) is 31.5 Å². The van der Waals surface area contributed by atoms with Crippen molar-refractivity contribution in [2.24, 2.45) is 5.73 Å². The molecule has 2 aromatic rings. The van der Waals surface area contributed by atoms with Crippen molar-refractivity contribution < 1.29 is 14.6 Å². The van der Waals surface area contributed by atoms with E-state index in [4.69, 9.17) is 15.2 Å². The summed E-state index contributed by atoms with van der Waals surface area (Å²) < 4.78 is 10.5. The van der Waals surface area contributed by atoms with Crippen molar-refractivity contribution in [1.29, 1.82) is 0 Å². The smallest absolute Gasteiger partial charge is 0.202 e. The average molecular weight is 277 g/mol. The van der Waals surface area contributed by atoms with Crippen molar-refractivity contribution in [1.82, 2.24) is 20.8 Å². The molecule has 1 aromatic heterocycles. The summed E-state index contributed by atoms with van der Waals surface area (Å²) in [4.78, 5) is 7.44. The number of nitrogens with zero attached hydrogens (tertiary/aromatic N) is 1. The van der Waals surface area contributed by atoms with Gasteiger partial charge in [0.1, 0.15) is 0 Å². The van der Waals surface area contributed by atoms with Gasteiger partial charge in [-0.1, -0.05) is 0 Å². The number of aromatic amines is 1. The Kier molecular flexibility index (Phi) is 2.70. The average Bonchev–Trinajstić information content (AvgIpc) is 3.02. The van der Waals surface area contributed by atoms with Gasteiger partial charge in [-0.2, -0.15) is 0 Å². The highest BCUT2D eigenvalue weighted by Gasteiger charge is 2.39. The minimum atomic E-state index is -1.29. The number of nitrogens with one attached hydrogen (secondary N) is 3. The summed E-state index contributed by atoms with van der Waals surface area (Å²) in [6.07, 6.45) is 1.37. The van der Waals surface area contributed by atoms with Gasteiger partial charge in [0, 0.05) is 12.1 Å². The normalized spacial score (nSPS) is 21.6. The molecule has 0 aliphatic carbocycles.